The molecule has 1 aromatic rings. The van der Waals surface area contributed by atoms with Crippen molar-refractivity contribution < 1.29 is 5.11 Å². The van der Waals surface area contributed by atoms with E-state index >= 15 is 0 Å². The average Bonchev–Trinajstić information content (AvgIpc) is 2.52. The van der Waals surface area contributed by atoms with Crippen LogP contribution in [0.4, 0.5) is 11.6 Å². The minimum absolute atomic E-state index is 0.0812. The molecule has 0 saturated heterocycles. The van der Waals surface area contributed by atoms with Crippen LogP contribution in [0.25, 0.3) is 0 Å². The van der Waals surface area contributed by atoms with Crippen molar-refractivity contribution >= 4 is 11.6 Å². The molecule has 0 amide bonds. The van der Waals surface area contributed by atoms with Crippen molar-refractivity contribution in [3.05, 3.63) is 11.4 Å². The first-order valence-electron chi connectivity index (χ1n) is 7.95. The molecule has 0 bridgehead atoms. The lowest BCUT2D eigenvalue weighted by atomic mass is 9.83. The molecule has 0 aromatic carbocycles. The first-order chi connectivity index (χ1) is 10.1. The molecule has 0 aliphatic heterocycles. The van der Waals surface area contributed by atoms with Crippen LogP contribution in [0.1, 0.15) is 51.4 Å². The molecule has 5 heteroatoms. The van der Waals surface area contributed by atoms with Crippen LogP contribution in [-0.2, 0) is 6.42 Å². The van der Waals surface area contributed by atoms with Gasteiger partial charge in [-0.05, 0) is 26.2 Å². The van der Waals surface area contributed by atoms with Crippen LogP contribution >= 0.6 is 0 Å². The monoisotopic (exact) mass is 294 g/mol. The van der Waals surface area contributed by atoms with Crippen LogP contribution in [0, 0.1) is 12.3 Å². The Labute approximate surface area is 128 Å². The Bertz CT molecular complexity index is 436. The second-order valence-electron chi connectivity index (χ2n) is 5.68. The number of aryl methyl sites for hydroxylation is 1. The highest BCUT2D eigenvalue weighted by molar-refractivity contribution is 5.57. The largest absolute Gasteiger partial charge is 0.396 e. The number of anilines is 2. The van der Waals surface area contributed by atoms with Gasteiger partial charge in [0.1, 0.15) is 17.5 Å². The topological polar surface area (TPSA) is 70.1 Å². The molecule has 0 fully saturated rings. The second kappa shape index (κ2) is 8.17. The molecule has 1 heterocycles. The van der Waals surface area contributed by atoms with E-state index in [0.717, 1.165) is 55.3 Å². The molecule has 0 atom stereocenters. The Kier molecular flexibility index (Phi) is 6.89. The number of aliphatic hydroxyl groups excluding tert-OH is 1. The Hall–Kier alpha value is -1.36. The third-order valence-corrected chi connectivity index (χ3v) is 4.37. The van der Waals surface area contributed by atoms with E-state index in [1.807, 2.05) is 14.0 Å². The van der Waals surface area contributed by atoms with Crippen molar-refractivity contribution in [3.8, 4) is 0 Å². The molecule has 5 nitrogen and oxygen atoms in total. The summed E-state index contributed by atoms with van der Waals surface area (Å²) in [7, 11) is 1.88. The van der Waals surface area contributed by atoms with Gasteiger partial charge in [-0.3, -0.25) is 0 Å². The van der Waals surface area contributed by atoms with Gasteiger partial charge in [0.05, 0.1) is 6.61 Å². The van der Waals surface area contributed by atoms with E-state index in [2.05, 4.69) is 41.4 Å². The lowest BCUT2D eigenvalue weighted by Gasteiger charge is -2.30. The molecule has 0 saturated carbocycles. The van der Waals surface area contributed by atoms with Gasteiger partial charge in [-0.15, -0.1) is 0 Å². The molecule has 21 heavy (non-hydrogen) atoms. The number of hydrogen-bond donors (Lipinski definition) is 3. The molecule has 1 rings (SSSR count). The summed E-state index contributed by atoms with van der Waals surface area (Å²) in [5.74, 6) is 2.61. The molecule has 0 radical (unpaired) electrons. The maximum absolute atomic E-state index is 9.68. The highest BCUT2D eigenvalue weighted by Crippen LogP contribution is 2.27. The fourth-order valence-corrected chi connectivity index (χ4v) is 2.36. The predicted octanol–water partition coefficient (Wildman–Crippen LogP) is 2.99. The Morgan fingerprint density at radius 2 is 1.71 bits per heavy atom. The minimum Gasteiger partial charge on any atom is -0.396 e. The fraction of sp³-hybridized carbons (Fsp3) is 0.750. The maximum Gasteiger partial charge on any atom is 0.134 e. The molecule has 1 aromatic heterocycles. The van der Waals surface area contributed by atoms with Crippen molar-refractivity contribution in [2.24, 2.45) is 5.41 Å². The van der Waals surface area contributed by atoms with Gasteiger partial charge < -0.3 is 15.7 Å². The molecule has 0 aliphatic rings. The van der Waals surface area contributed by atoms with Gasteiger partial charge in [-0.25, -0.2) is 9.97 Å². The minimum atomic E-state index is -0.0812. The molecular formula is C16H30N4O. The van der Waals surface area contributed by atoms with Crippen molar-refractivity contribution in [3.63, 3.8) is 0 Å². The second-order valence-corrected chi connectivity index (χ2v) is 5.68. The van der Waals surface area contributed by atoms with E-state index in [1.165, 1.54) is 0 Å². The summed E-state index contributed by atoms with van der Waals surface area (Å²) in [6.45, 7) is 9.30. The Balaban J connectivity index is 2.98. The fourth-order valence-electron chi connectivity index (χ4n) is 2.36. The standard InChI is InChI=1S/C16H30N4O/c1-6-9-13-19-14(17-5)12(4)15(20-13)18-10-16(7-2,8-3)11-21/h21H,6-11H2,1-5H3,(H2,17,18,19,20). The zero-order valence-corrected chi connectivity index (χ0v) is 14.1. The van der Waals surface area contributed by atoms with Gasteiger partial charge in [0, 0.05) is 31.0 Å². The van der Waals surface area contributed by atoms with E-state index in [9.17, 15) is 5.11 Å². The van der Waals surface area contributed by atoms with Crippen molar-refractivity contribution in [2.45, 2.75) is 53.4 Å². The third kappa shape index (κ3) is 4.30. The molecular weight excluding hydrogens is 264 g/mol. The molecule has 120 valence electrons. The van der Waals surface area contributed by atoms with Crippen LogP contribution in [0.3, 0.4) is 0 Å². The maximum atomic E-state index is 9.68. The van der Waals surface area contributed by atoms with E-state index in [-0.39, 0.29) is 12.0 Å². The summed E-state index contributed by atoms with van der Waals surface area (Å²) in [6.07, 6.45) is 3.78. The van der Waals surface area contributed by atoms with Gasteiger partial charge in [0.25, 0.3) is 0 Å². The van der Waals surface area contributed by atoms with E-state index in [1.54, 1.807) is 0 Å². The lowest BCUT2D eigenvalue weighted by Crippen LogP contribution is -2.32. The molecule has 0 aliphatic carbocycles. The normalized spacial score (nSPS) is 11.5. The zero-order chi connectivity index (χ0) is 15.9. The summed E-state index contributed by atoms with van der Waals surface area (Å²) in [4.78, 5) is 9.17. The number of rotatable bonds is 9. The van der Waals surface area contributed by atoms with E-state index in [0.29, 0.717) is 0 Å². The summed E-state index contributed by atoms with van der Waals surface area (Å²) < 4.78 is 0. The third-order valence-electron chi connectivity index (χ3n) is 4.37. The van der Waals surface area contributed by atoms with Crippen LogP contribution in [0.15, 0.2) is 0 Å². The highest BCUT2D eigenvalue weighted by atomic mass is 16.3. The van der Waals surface area contributed by atoms with Gasteiger partial charge in [-0.2, -0.15) is 0 Å². The van der Waals surface area contributed by atoms with E-state index < -0.39 is 0 Å². The van der Waals surface area contributed by atoms with Crippen molar-refractivity contribution in [2.75, 3.05) is 30.8 Å². The molecule has 3 N–H and O–H groups in total. The van der Waals surface area contributed by atoms with Crippen LogP contribution < -0.4 is 10.6 Å². The summed E-state index contributed by atoms with van der Waals surface area (Å²) >= 11 is 0. The van der Waals surface area contributed by atoms with Crippen molar-refractivity contribution in [1.29, 1.82) is 0 Å². The number of aromatic nitrogens is 2. The molecule has 0 unspecified atom stereocenters. The number of aliphatic hydroxyl groups is 1. The van der Waals surface area contributed by atoms with Crippen molar-refractivity contribution in [1.82, 2.24) is 9.97 Å². The van der Waals surface area contributed by atoms with Crippen LogP contribution in [0.2, 0.25) is 0 Å². The number of nitrogens with zero attached hydrogens (tertiary/aromatic N) is 2. The van der Waals surface area contributed by atoms with Gasteiger partial charge in [-0.1, -0.05) is 20.8 Å². The van der Waals surface area contributed by atoms with E-state index in [4.69, 9.17) is 0 Å². The van der Waals surface area contributed by atoms with Crippen LogP contribution in [0.5, 0.6) is 0 Å². The summed E-state index contributed by atoms with van der Waals surface area (Å²) in [6, 6.07) is 0. The number of nitrogens with one attached hydrogen (secondary N) is 2. The highest BCUT2D eigenvalue weighted by Gasteiger charge is 2.25. The lowest BCUT2D eigenvalue weighted by molar-refractivity contribution is 0.127. The molecule has 0 spiro atoms. The smallest absolute Gasteiger partial charge is 0.134 e. The number of hydrogen-bond acceptors (Lipinski definition) is 5. The van der Waals surface area contributed by atoms with Gasteiger partial charge in [0.2, 0.25) is 0 Å². The first-order valence-corrected chi connectivity index (χ1v) is 7.95. The Morgan fingerprint density at radius 1 is 1.10 bits per heavy atom. The van der Waals surface area contributed by atoms with Gasteiger partial charge in [0.15, 0.2) is 0 Å². The summed E-state index contributed by atoms with van der Waals surface area (Å²) in [5, 5.41) is 16.2. The predicted molar refractivity (Wildman–Crippen MR) is 88.9 cm³/mol. The summed E-state index contributed by atoms with van der Waals surface area (Å²) in [5.41, 5.74) is 0.943. The quantitative estimate of drug-likeness (QED) is 0.653. The Morgan fingerprint density at radius 3 is 2.19 bits per heavy atom. The SMILES string of the molecule is CCCc1nc(NC)c(C)c(NCC(CC)(CC)CO)n1. The zero-order valence-electron chi connectivity index (χ0n) is 14.1. The first kappa shape index (κ1) is 17.7. The average molecular weight is 294 g/mol. The van der Waals surface area contributed by atoms with Gasteiger partial charge >= 0.3 is 0 Å². The van der Waals surface area contributed by atoms with Crippen LogP contribution in [-0.4, -0.2) is 35.3 Å².